The molecule has 37 heavy (non-hydrogen) atoms. The second kappa shape index (κ2) is 13.1. The molecule has 3 aromatic carbocycles. The number of rotatable bonds is 11. The first-order chi connectivity index (χ1) is 17.8. The minimum absolute atomic E-state index is 0.163. The van der Waals surface area contributed by atoms with E-state index in [0.717, 1.165) is 11.1 Å². The maximum Gasteiger partial charge on any atom is 0.343 e. The first-order valence-corrected chi connectivity index (χ1v) is 12.0. The Balaban J connectivity index is 1.56. The van der Waals surface area contributed by atoms with Crippen molar-refractivity contribution in [2.45, 2.75) is 33.6 Å². The van der Waals surface area contributed by atoms with E-state index < -0.39 is 11.9 Å². The second-order valence-corrected chi connectivity index (χ2v) is 8.52. The SMILES string of the molecule is CCOc1ccc(C(=O)Oc2ccc(/C=N/NC(=O)COc3cc(C(C)C)ccc3C)cc2OC)cc1. The number of hydrogen-bond donors (Lipinski definition) is 1. The lowest BCUT2D eigenvalue weighted by atomic mass is 10.0. The van der Waals surface area contributed by atoms with Crippen LogP contribution in [0.4, 0.5) is 0 Å². The number of benzene rings is 3. The molecule has 0 heterocycles. The van der Waals surface area contributed by atoms with Crippen molar-refractivity contribution in [1.82, 2.24) is 5.43 Å². The quantitative estimate of drug-likeness (QED) is 0.165. The first kappa shape index (κ1) is 27.3. The Labute approximate surface area is 217 Å². The van der Waals surface area contributed by atoms with E-state index in [2.05, 4.69) is 30.4 Å². The van der Waals surface area contributed by atoms with Crippen molar-refractivity contribution in [3.05, 3.63) is 82.9 Å². The molecule has 8 heteroatoms. The third-order valence-corrected chi connectivity index (χ3v) is 5.43. The smallest absolute Gasteiger partial charge is 0.343 e. The summed E-state index contributed by atoms with van der Waals surface area (Å²) in [7, 11) is 1.47. The molecule has 0 aliphatic carbocycles. The first-order valence-electron chi connectivity index (χ1n) is 12.0. The van der Waals surface area contributed by atoms with Crippen LogP contribution in [0.3, 0.4) is 0 Å². The molecule has 0 aliphatic heterocycles. The van der Waals surface area contributed by atoms with E-state index in [-0.39, 0.29) is 12.4 Å². The lowest BCUT2D eigenvalue weighted by Gasteiger charge is -2.12. The van der Waals surface area contributed by atoms with Crippen LogP contribution in [0.2, 0.25) is 0 Å². The van der Waals surface area contributed by atoms with Gasteiger partial charge in [0, 0.05) is 0 Å². The molecule has 1 amide bonds. The van der Waals surface area contributed by atoms with Gasteiger partial charge >= 0.3 is 5.97 Å². The lowest BCUT2D eigenvalue weighted by Crippen LogP contribution is -2.24. The summed E-state index contributed by atoms with van der Waals surface area (Å²) in [5.41, 5.74) is 5.56. The van der Waals surface area contributed by atoms with E-state index in [1.54, 1.807) is 42.5 Å². The number of hydrogen-bond acceptors (Lipinski definition) is 7. The molecule has 0 aromatic heterocycles. The van der Waals surface area contributed by atoms with E-state index in [0.29, 0.717) is 40.9 Å². The average Bonchev–Trinajstić information content (AvgIpc) is 2.89. The normalized spacial score (nSPS) is 10.9. The van der Waals surface area contributed by atoms with Gasteiger partial charge in [-0.15, -0.1) is 0 Å². The van der Waals surface area contributed by atoms with Crippen LogP contribution in [-0.2, 0) is 4.79 Å². The van der Waals surface area contributed by atoms with Gasteiger partial charge in [-0.1, -0.05) is 26.0 Å². The molecule has 0 saturated carbocycles. The number of nitrogens with zero attached hydrogens (tertiary/aromatic N) is 1. The van der Waals surface area contributed by atoms with Crippen LogP contribution in [0.1, 0.15) is 53.7 Å². The summed E-state index contributed by atoms with van der Waals surface area (Å²) in [5, 5.41) is 3.98. The highest BCUT2D eigenvalue weighted by molar-refractivity contribution is 5.92. The highest BCUT2D eigenvalue weighted by Gasteiger charge is 2.13. The molecule has 0 spiro atoms. The molecule has 0 unspecified atom stereocenters. The number of hydrazone groups is 1. The summed E-state index contributed by atoms with van der Waals surface area (Å²) in [4.78, 5) is 24.7. The number of aryl methyl sites for hydroxylation is 1. The predicted octanol–water partition coefficient (Wildman–Crippen LogP) is 5.27. The van der Waals surface area contributed by atoms with Crippen molar-refractivity contribution in [2.24, 2.45) is 5.10 Å². The van der Waals surface area contributed by atoms with Gasteiger partial charge in [-0.3, -0.25) is 4.79 Å². The monoisotopic (exact) mass is 504 g/mol. The Morgan fingerprint density at radius 2 is 1.70 bits per heavy atom. The van der Waals surface area contributed by atoms with Gasteiger partial charge in [-0.25, -0.2) is 10.2 Å². The van der Waals surface area contributed by atoms with E-state index >= 15 is 0 Å². The molecule has 0 saturated heterocycles. The van der Waals surface area contributed by atoms with Gasteiger partial charge in [-0.2, -0.15) is 5.10 Å². The van der Waals surface area contributed by atoms with Crippen LogP contribution in [0.15, 0.2) is 65.8 Å². The van der Waals surface area contributed by atoms with Crippen molar-refractivity contribution in [3.8, 4) is 23.0 Å². The van der Waals surface area contributed by atoms with E-state index in [1.807, 2.05) is 26.0 Å². The predicted molar refractivity (Wildman–Crippen MR) is 142 cm³/mol. The molecule has 0 bridgehead atoms. The number of methoxy groups -OCH3 is 1. The minimum atomic E-state index is -0.524. The van der Waals surface area contributed by atoms with Crippen LogP contribution in [0.5, 0.6) is 23.0 Å². The second-order valence-electron chi connectivity index (χ2n) is 8.52. The highest BCUT2D eigenvalue weighted by Crippen LogP contribution is 2.29. The molecule has 3 rings (SSSR count). The van der Waals surface area contributed by atoms with Gasteiger partial charge in [0.2, 0.25) is 0 Å². The van der Waals surface area contributed by atoms with Gasteiger partial charge < -0.3 is 18.9 Å². The van der Waals surface area contributed by atoms with Gasteiger partial charge in [0.05, 0.1) is 25.5 Å². The Kier molecular flexibility index (Phi) is 9.66. The average molecular weight is 505 g/mol. The maximum absolute atomic E-state index is 12.5. The summed E-state index contributed by atoms with van der Waals surface area (Å²) in [6, 6.07) is 17.6. The van der Waals surface area contributed by atoms with Crippen LogP contribution < -0.4 is 24.4 Å². The van der Waals surface area contributed by atoms with Crippen molar-refractivity contribution >= 4 is 18.1 Å². The lowest BCUT2D eigenvalue weighted by molar-refractivity contribution is -0.123. The molecule has 0 radical (unpaired) electrons. The Morgan fingerprint density at radius 3 is 2.38 bits per heavy atom. The molecular formula is C29H32N2O6. The van der Waals surface area contributed by atoms with Crippen LogP contribution >= 0.6 is 0 Å². The standard InChI is InChI=1S/C29H32N2O6/c1-6-35-24-12-10-22(11-13-24)29(33)37-25-14-8-21(15-27(25)34-5)17-30-31-28(32)18-36-26-16-23(19(2)3)9-7-20(26)4/h7-17,19H,6,18H2,1-5H3,(H,31,32)/b30-17+. The molecule has 0 aliphatic rings. The van der Waals surface area contributed by atoms with Gasteiger partial charge in [-0.05, 0) is 85.0 Å². The van der Waals surface area contributed by atoms with Crippen LogP contribution in [0, 0.1) is 6.92 Å². The van der Waals surface area contributed by atoms with Crippen molar-refractivity contribution in [1.29, 1.82) is 0 Å². The Morgan fingerprint density at radius 1 is 0.946 bits per heavy atom. The third-order valence-electron chi connectivity index (χ3n) is 5.43. The van der Waals surface area contributed by atoms with Crippen molar-refractivity contribution < 1.29 is 28.5 Å². The largest absolute Gasteiger partial charge is 0.494 e. The molecule has 0 atom stereocenters. The number of carbonyl (C=O) groups is 2. The molecule has 194 valence electrons. The van der Waals surface area contributed by atoms with E-state index in [4.69, 9.17) is 18.9 Å². The fourth-order valence-corrected chi connectivity index (χ4v) is 3.35. The zero-order valence-electron chi connectivity index (χ0n) is 21.7. The van der Waals surface area contributed by atoms with E-state index in [1.165, 1.54) is 13.3 Å². The van der Waals surface area contributed by atoms with Crippen LogP contribution in [0.25, 0.3) is 0 Å². The zero-order valence-corrected chi connectivity index (χ0v) is 21.7. The fraction of sp³-hybridized carbons (Fsp3) is 0.276. The van der Waals surface area contributed by atoms with Gasteiger partial charge in [0.1, 0.15) is 11.5 Å². The molecule has 3 aromatic rings. The number of esters is 1. The summed E-state index contributed by atoms with van der Waals surface area (Å²) in [6.07, 6.45) is 1.46. The molecule has 1 N–H and O–H groups in total. The number of ether oxygens (including phenoxy) is 4. The fourth-order valence-electron chi connectivity index (χ4n) is 3.35. The van der Waals surface area contributed by atoms with Gasteiger partial charge in [0.15, 0.2) is 18.1 Å². The Hall–Kier alpha value is -4.33. The molecule has 0 fully saturated rings. The summed E-state index contributed by atoms with van der Waals surface area (Å²) in [6.45, 7) is 8.40. The summed E-state index contributed by atoms with van der Waals surface area (Å²) >= 11 is 0. The Bertz CT molecular complexity index is 1250. The maximum atomic E-state index is 12.5. The van der Waals surface area contributed by atoms with Crippen molar-refractivity contribution in [2.75, 3.05) is 20.3 Å². The van der Waals surface area contributed by atoms with Crippen LogP contribution in [-0.4, -0.2) is 38.4 Å². The summed E-state index contributed by atoms with van der Waals surface area (Å²) in [5.74, 6) is 1.40. The van der Waals surface area contributed by atoms with Crippen molar-refractivity contribution in [3.63, 3.8) is 0 Å². The number of nitrogens with one attached hydrogen (secondary N) is 1. The zero-order chi connectivity index (χ0) is 26.8. The van der Waals surface area contributed by atoms with E-state index in [9.17, 15) is 9.59 Å². The third kappa shape index (κ3) is 7.83. The number of amides is 1. The minimum Gasteiger partial charge on any atom is -0.494 e. The topological polar surface area (TPSA) is 95.5 Å². The molecule has 8 nitrogen and oxygen atoms in total. The molecular weight excluding hydrogens is 472 g/mol. The number of carbonyl (C=O) groups excluding carboxylic acids is 2. The highest BCUT2D eigenvalue weighted by atomic mass is 16.6. The summed E-state index contributed by atoms with van der Waals surface area (Å²) < 4.78 is 21.9. The van der Waals surface area contributed by atoms with Gasteiger partial charge in [0.25, 0.3) is 5.91 Å².